The van der Waals surface area contributed by atoms with E-state index in [1.54, 1.807) is 48.5 Å². The molecule has 0 fully saturated rings. The molecule has 9 heteroatoms. The maximum absolute atomic E-state index is 14.5. The summed E-state index contributed by atoms with van der Waals surface area (Å²) in [7, 11) is 0. The summed E-state index contributed by atoms with van der Waals surface area (Å²) in [6.45, 7) is 16.5. The van der Waals surface area contributed by atoms with E-state index in [1.807, 2.05) is 61.5 Å². The number of carbonyl (C=O) groups is 4. The molecule has 47 heavy (non-hydrogen) atoms. The van der Waals surface area contributed by atoms with Crippen molar-refractivity contribution in [2.24, 2.45) is 0 Å². The topological polar surface area (TPSA) is 114 Å². The first-order chi connectivity index (χ1) is 22.0. The summed E-state index contributed by atoms with van der Waals surface area (Å²) in [5.41, 5.74) is 0.791. The number of amides is 3. The quantitative estimate of drug-likeness (QED) is 0.147. The van der Waals surface area contributed by atoms with Crippen molar-refractivity contribution in [3.63, 3.8) is 0 Å². The fourth-order valence-corrected chi connectivity index (χ4v) is 5.23. The largest absolute Gasteiger partial charge is 0.458 e. The Labute approximate surface area is 282 Å². The Hall–Kier alpha value is -3.88. The van der Waals surface area contributed by atoms with E-state index in [1.165, 1.54) is 4.90 Å². The number of alkyl carbamates (subject to hydrolysis) is 1. The van der Waals surface area contributed by atoms with Gasteiger partial charge in [-0.25, -0.2) is 9.59 Å². The minimum Gasteiger partial charge on any atom is -0.458 e. The fourth-order valence-electron chi connectivity index (χ4n) is 5.23. The Morgan fingerprint density at radius 3 is 1.94 bits per heavy atom. The minimum absolute atomic E-state index is 0.212. The molecular weight excluding hydrogens is 594 g/mol. The van der Waals surface area contributed by atoms with Crippen LogP contribution < -0.4 is 10.6 Å². The molecule has 0 spiro atoms. The number of benzene rings is 2. The van der Waals surface area contributed by atoms with E-state index in [0.717, 1.165) is 43.2 Å². The van der Waals surface area contributed by atoms with Crippen molar-refractivity contribution < 1.29 is 28.7 Å². The number of nitrogens with zero attached hydrogens (tertiary/aromatic N) is 1. The number of ether oxygens (including phenoxy) is 2. The number of hydrogen-bond donors (Lipinski definition) is 2. The van der Waals surface area contributed by atoms with Crippen LogP contribution in [-0.2, 0) is 30.3 Å². The summed E-state index contributed by atoms with van der Waals surface area (Å²) in [6.07, 6.45) is 5.42. The van der Waals surface area contributed by atoms with Crippen LogP contribution in [0.1, 0.15) is 117 Å². The van der Waals surface area contributed by atoms with Crippen molar-refractivity contribution in [2.75, 3.05) is 6.54 Å². The summed E-state index contributed by atoms with van der Waals surface area (Å²) < 4.78 is 11.1. The molecule has 0 aliphatic heterocycles. The molecule has 0 aliphatic carbocycles. The lowest BCUT2D eigenvalue weighted by atomic mass is 9.97. The second-order valence-corrected chi connectivity index (χ2v) is 14.2. The highest BCUT2D eigenvalue weighted by molar-refractivity contribution is 5.94. The normalized spacial score (nSPS) is 13.6. The predicted molar refractivity (Wildman–Crippen MR) is 186 cm³/mol. The Balaban J connectivity index is 2.52. The minimum atomic E-state index is -1.07. The van der Waals surface area contributed by atoms with Crippen LogP contribution in [-0.4, -0.2) is 58.6 Å². The van der Waals surface area contributed by atoms with Crippen LogP contribution in [0, 0.1) is 6.92 Å². The molecule has 2 aromatic rings. The molecule has 9 nitrogen and oxygen atoms in total. The molecule has 3 atom stereocenters. The lowest BCUT2D eigenvalue weighted by Gasteiger charge is -2.35. The number of carbonyl (C=O) groups excluding carboxylic acids is 4. The number of nitrogens with one attached hydrogen (secondary N) is 2. The maximum atomic E-state index is 14.5. The first-order valence-electron chi connectivity index (χ1n) is 16.9. The number of unbranched alkanes of at least 4 members (excludes halogenated alkanes) is 5. The molecule has 2 N–H and O–H groups in total. The molecule has 0 bridgehead atoms. The lowest BCUT2D eigenvalue weighted by molar-refractivity contribution is -0.159. The highest BCUT2D eigenvalue weighted by Crippen LogP contribution is 2.27. The average Bonchev–Trinajstić information content (AvgIpc) is 2.97. The second kappa shape index (κ2) is 18.5. The van der Waals surface area contributed by atoms with Gasteiger partial charge >= 0.3 is 12.1 Å². The Morgan fingerprint density at radius 2 is 1.34 bits per heavy atom. The maximum Gasteiger partial charge on any atom is 0.408 e. The standard InChI is InChI=1S/C38H57N3O6/c1-10-11-12-13-14-20-25-41(34(43)28(3)39-36(45)47-38(7,8)9)32(30-24-19-18-21-27(30)2)33(42)40-31(35(44)46-37(4,5)6)26-29-22-16-15-17-23-29/h15-19,21-24,28,31-32H,10-14,20,25-26H2,1-9H3,(H,39,45)(H,40,42). The third-order valence-electron chi connectivity index (χ3n) is 7.47. The number of esters is 1. The molecule has 3 unspecified atom stereocenters. The van der Waals surface area contributed by atoms with E-state index in [0.29, 0.717) is 12.0 Å². The van der Waals surface area contributed by atoms with Crippen LogP contribution in [0.5, 0.6) is 0 Å². The zero-order chi connectivity index (χ0) is 35.2. The van der Waals surface area contributed by atoms with Gasteiger partial charge in [0.25, 0.3) is 0 Å². The highest BCUT2D eigenvalue weighted by atomic mass is 16.6. The Kier molecular flexibility index (Phi) is 15.4. The van der Waals surface area contributed by atoms with Gasteiger partial charge in [0.15, 0.2) is 0 Å². The highest BCUT2D eigenvalue weighted by Gasteiger charge is 2.37. The van der Waals surface area contributed by atoms with E-state index >= 15 is 0 Å². The third-order valence-corrected chi connectivity index (χ3v) is 7.47. The van der Waals surface area contributed by atoms with Crippen LogP contribution in [0.15, 0.2) is 54.6 Å². The van der Waals surface area contributed by atoms with E-state index in [-0.39, 0.29) is 13.0 Å². The molecular formula is C38H57N3O6. The van der Waals surface area contributed by atoms with E-state index < -0.39 is 53.2 Å². The van der Waals surface area contributed by atoms with Gasteiger partial charge in [-0.05, 0) is 78.5 Å². The second-order valence-electron chi connectivity index (χ2n) is 14.2. The number of hydrogen-bond acceptors (Lipinski definition) is 6. The van der Waals surface area contributed by atoms with E-state index in [4.69, 9.17) is 9.47 Å². The van der Waals surface area contributed by atoms with Crippen molar-refractivity contribution in [1.29, 1.82) is 0 Å². The zero-order valence-corrected chi connectivity index (χ0v) is 30.0. The van der Waals surface area contributed by atoms with Crippen molar-refractivity contribution in [3.8, 4) is 0 Å². The van der Waals surface area contributed by atoms with Crippen LogP contribution in [0.3, 0.4) is 0 Å². The first-order valence-corrected chi connectivity index (χ1v) is 16.9. The van der Waals surface area contributed by atoms with Gasteiger partial charge in [-0.15, -0.1) is 0 Å². The average molecular weight is 652 g/mol. The van der Waals surface area contributed by atoms with Crippen LogP contribution >= 0.6 is 0 Å². The smallest absolute Gasteiger partial charge is 0.408 e. The molecule has 0 aliphatic rings. The molecule has 3 amide bonds. The molecule has 0 saturated carbocycles. The third kappa shape index (κ3) is 14.2. The van der Waals surface area contributed by atoms with Crippen molar-refractivity contribution in [2.45, 2.75) is 137 Å². The molecule has 0 saturated heterocycles. The molecule has 0 aromatic heterocycles. The van der Waals surface area contributed by atoms with Crippen LogP contribution in [0.4, 0.5) is 4.79 Å². The number of aryl methyl sites for hydroxylation is 1. The fraction of sp³-hybridized carbons (Fsp3) is 0.579. The van der Waals surface area contributed by atoms with Crippen molar-refractivity contribution >= 4 is 23.9 Å². The van der Waals surface area contributed by atoms with Crippen molar-refractivity contribution in [1.82, 2.24) is 15.5 Å². The lowest BCUT2D eigenvalue weighted by Crippen LogP contribution is -2.54. The summed E-state index contributed by atoms with van der Waals surface area (Å²) >= 11 is 0. The molecule has 260 valence electrons. The summed E-state index contributed by atoms with van der Waals surface area (Å²) in [5.74, 6) is -1.49. The molecule has 2 rings (SSSR count). The van der Waals surface area contributed by atoms with E-state index in [9.17, 15) is 19.2 Å². The first kappa shape index (κ1) is 39.3. The molecule has 2 aromatic carbocycles. The van der Waals surface area contributed by atoms with Gasteiger partial charge in [0.1, 0.15) is 29.3 Å². The van der Waals surface area contributed by atoms with Gasteiger partial charge in [-0.2, -0.15) is 0 Å². The van der Waals surface area contributed by atoms with Gasteiger partial charge < -0.3 is 25.0 Å². The summed E-state index contributed by atoms with van der Waals surface area (Å²) in [5, 5.41) is 5.61. The van der Waals surface area contributed by atoms with Gasteiger partial charge in [0.2, 0.25) is 11.8 Å². The summed E-state index contributed by atoms with van der Waals surface area (Å²) in [6, 6.07) is 13.8. The van der Waals surface area contributed by atoms with Crippen LogP contribution in [0.25, 0.3) is 0 Å². The van der Waals surface area contributed by atoms with E-state index in [2.05, 4.69) is 17.6 Å². The van der Waals surface area contributed by atoms with Gasteiger partial charge in [0, 0.05) is 13.0 Å². The number of rotatable bonds is 16. The Morgan fingerprint density at radius 1 is 0.766 bits per heavy atom. The monoisotopic (exact) mass is 651 g/mol. The Bertz CT molecular complexity index is 1300. The summed E-state index contributed by atoms with van der Waals surface area (Å²) in [4.78, 5) is 56.4. The van der Waals surface area contributed by atoms with Gasteiger partial charge in [-0.3, -0.25) is 9.59 Å². The SMILES string of the molecule is CCCCCCCCN(C(=O)C(C)NC(=O)OC(C)(C)C)C(C(=O)NC(Cc1ccccc1)C(=O)OC(C)(C)C)c1ccccc1C. The van der Waals surface area contributed by atoms with Gasteiger partial charge in [0.05, 0.1) is 0 Å². The molecule has 0 heterocycles. The van der Waals surface area contributed by atoms with Crippen molar-refractivity contribution in [3.05, 3.63) is 71.3 Å². The van der Waals surface area contributed by atoms with Crippen LogP contribution in [0.2, 0.25) is 0 Å². The molecule has 0 radical (unpaired) electrons. The zero-order valence-electron chi connectivity index (χ0n) is 30.0. The predicted octanol–water partition coefficient (Wildman–Crippen LogP) is 7.21. The van der Waals surface area contributed by atoms with Gasteiger partial charge in [-0.1, -0.05) is 93.6 Å².